The molecule has 2 N–H and O–H groups in total. The Bertz CT molecular complexity index is 1190. The van der Waals surface area contributed by atoms with Crippen LogP contribution in [-0.2, 0) is 21.2 Å². The van der Waals surface area contributed by atoms with E-state index in [1.165, 1.54) is 25.3 Å². The third kappa shape index (κ3) is 6.71. The molecule has 0 aromatic heterocycles. The van der Waals surface area contributed by atoms with E-state index < -0.39 is 22.0 Å². The molecule has 0 unspecified atom stereocenters. The van der Waals surface area contributed by atoms with Gasteiger partial charge in [0, 0.05) is 10.7 Å². The van der Waals surface area contributed by atoms with Crippen LogP contribution in [0, 0.1) is 0 Å². The van der Waals surface area contributed by atoms with Crippen LogP contribution in [-0.4, -0.2) is 34.1 Å². The van der Waals surface area contributed by atoms with Gasteiger partial charge in [-0.25, -0.2) is 8.42 Å². The number of hydrogen-bond donors (Lipinski definition) is 2. The second kappa shape index (κ2) is 11.2. The molecule has 0 aliphatic heterocycles. The van der Waals surface area contributed by atoms with Crippen LogP contribution in [0.3, 0.4) is 0 Å². The molecule has 0 bridgehead atoms. The van der Waals surface area contributed by atoms with Crippen molar-refractivity contribution in [3.8, 4) is 11.5 Å². The van der Waals surface area contributed by atoms with E-state index in [0.717, 1.165) is 5.56 Å². The lowest BCUT2D eigenvalue weighted by Crippen LogP contribution is -2.45. The van der Waals surface area contributed by atoms with Crippen molar-refractivity contribution in [3.05, 3.63) is 83.4 Å². The van der Waals surface area contributed by atoms with E-state index in [9.17, 15) is 13.2 Å². The summed E-state index contributed by atoms with van der Waals surface area (Å²) < 4.78 is 39.5. The van der Waals surface area contributed by atoms with Gasteiger partial charge in [-0.05, 0) is 61.4 Å². The van der Waals surface area contributed by atoms with Crippen LogP contribution in [0.2, 0.25) is 5.02 Å². The Hall–Kier alpha value is -3.07. The van der Waals surface area contributed by atoms with Gasteiger partial charge in [-0.3, -0.25) is 4.79 Å². The normalized spacial score (nSPS) is 12.1. The number of halogens is 1. The SMILES string of the molecule is CCOc1ccc(NC(=O)[C@H](Cc2ccccc2)NS(=O)(=O)c2cc(Cl)ccc2OC)cc1. The number of methoxy groups -OCH3 is 1. The molecule has 3 aromatic rings. The van der Waals surface area contributed by atoms with E-state index >= 15 is 0 Å². The summed E-state index contributed by atoms with van der Waals surface area (Å²) in [7, 11) is -2.77. The minimum Gasteiger partial charge on any atom is -0.495 e. The highest BCUT2D eigenvalue weighted by Crippen LogP contribution is 2.27. The van der Waals surface area contributed by atoms with Crippen LogP contribution in [0.4, 0.5) is 5.69 Å². The summed E-state index contributed by atoms with van der Waals surface area (Å²) in [6.45, 7) is 2.41. The summed E-state index contributed by atoms with van der Waals surface area (Å²) in [6.07, 6.45) is 0.145. The Morgan fingerprint density at radius 2 is 1.73 bits per heavy atom. The van der Waals surface area contributed by atoms with E-state index in [-0.39, 0.29) is 22.1 Å². The quantitative estimate of drug-likeness (QED) is 0.444. The minimum absolute atomic E-state index is 0.122. The largest absolute Gasteiger partial charge is 0.495 e. The molecule has 0 radical (unpaired) electrons. The van der Waals surface area contributed by atoms with E-state index in [2.05, 4.69) is 10.0 Å². The van der Waals surface area contributed by atoms with Crippen LogP contribution in [0.15, 0.2) is 77.7 Å². The number of benzene rings is 3. The molecule has 7 nitrogen and oxygen atoms in total. The molecule has 0 heterocycles. The first-order valence-electron chi connectivity index (χ1n) is 10.3. The number of nitrogens with one attached hydrogen (secondary N) is 2. The predicted molar refractivity (Wildman–Crippen MR) is 129 cm³/mol. The number of rotatable bonds is 10. The van der Waals surface area contributed by atoms with E-state index in [4.69, 9.17) is 21.1 Å². The van der Waals surface area contributed by atoms with Crippen molar-refractivity contribution in [1.29, 1.82) is 0 Å². The van der Waals surface area contributed by atoms with Crippen molar-refractivity contribution >= 4 is 33.2 Å². The molecule has 174 valence electrons. The molecule has 3 rings (SSSR count). The van der Waals surface area contributed by atoms with Gasteiger partial charge in [-0.15, -0.1) is 0 Å². The number of amides is 1. The van der Waals surface area contributed by atoms with Crippen LogP contribution in [0.25, 0.3) is 0 Å². The number of carbonyl (C=O) groups is 1. The first-order chi connectivity index (χ1) is 15.8. The Morgan fingerprint density at radius 1 is 1.03 bits per heavy atom. The fraction of sp³-hybridized carbons (Fsp3) is 0.208. The molecule has 0 fully saturated rings. The summed E-state index contributed by atoms with van der Waals surface area (Å²) in [4.78, 5) is 13.0. The first kappa shape index (κ1) is 24.6. The van der Waals surface area contributed by atoms with Crippen molar-refractivity contribution in [2.45, 2.75) is 24.3 Å². The molecule has 9 heteroatoms. The Kier molecular flexibility index (Phi) is 8.32. The summed E-state index contributed by atoms with van der Waals surface area (Å²) in [5.74, 6) is 0.287. The maximum absolute atomic E-state index is 13.2. The van der Waals surface area contributed by atoms with E-state index in [1.54, 1.807) is 24.3 Å². The van der Waals surface area contributed by atoms with Crippen molar-refractivity contribution in [2.24, 2.45) is 0 Å². The summed E-state index contributed by atoms with van der Waals surface area (Å²) in [5, 5.41) is 3.00. The van der Waals surface area contributed by atoms with Gasteiger partial charge in [-0.1, -0.05) is 41.9 Å². The van der Waals surface area contributed by atoms with Crippen molar-refractivity contribution in [2.75, 3.05) is 19.0 Å². The predicted octanol–water partition coefficient (Wildman–Crippen LogP) is 4.28. The number of sulfonamides is 1. The lowest BCUT2D eigenvalue weighted by Gasteiger charge is -2.20. The smallest absolute Gasteiger partial charge is 0.245 e. The molecule has 0 saturated carbocycles. The van der Waals surface area contributed by atoms with Crippen molar-refractivity contribution in [1.82, 2.24) is 4.72 Å². The molecular weight excluding hydrogens is 464 g/mol. The van der Waals surface area contributed by atoms with Gasteiger partial charge in [-0.2, -0.15) is 4.72 Å². The highest BCUT2D eigenvalue weighted by atomic mass is 35.5. The highest BCUT2D eigenvalue weighted by Gasteiger charge is 2.28. The molecule has 33 heavy (non-hydrogen) atoms. The van der Waals surface area contributed by atoms with Gasteiger partial charge in [0.2, 0.25) is 15.9 Å². The van der Waals surface area contributed by atoms with Gasteiger partial charge in [0.15, 0.2) is 0 Å². The van der Waals surface area contributed by atoms with Gasteiger partial charge in [0.25, 0.3) is 0 Å². The molecule has 0 aliphatic carbocycles. The van der Waals surface area contributed by atoms with Gasteiger partial charge in [0.05, 0.1) is 13.7 Å². The average Bonchev–Trinajstić information content (AvgIpc) is 2.80. The van der Waals surface area contributed by atoms with E-state index in [1.807, 2.05) is 37.3 Å². The van der Waals surface area contributed by atoms with Crippen LogP contribution >= 0.6 is 11.6 Å². The zero-order valence-electron chi connectivity index (χ0n) is 18.2. The van der Waals surface area contributed by atoms with Crippen molar-refractivity contribution in [3.63, 3.8) is 0 Å². The lowest BCUT2D eigenvalue weighted by atomic mass is 10.1. The zero-order valence-corrected chi connectivity index (χ0v) is 19.8. The average molecular weight is 489 g/mol. The van der Waals surface area contributed by atoms with Gasteiger partial charge >= 0.3 is 0 Å². The Labute approximate surface area is 198 Å². The third-order valence-electron chi connectivity index (χ3n) is 4.74. The minimum atomic E-state index is -4.14. The fourth-order valence-corrected chi connectivity index (χ4v) is 4.81. The second-order valence-electron chi connectivity index (χ2n) is 7.11. The molecular formula is C24H25ClN2O5S. The maximum Gasteiger partial charge on any atom is 0.245 e. The molecule has 3 aromatic carbocycles. The molecule has 1 amide bonds. The maximum atomic E-state index is 13.2. The Balaban J connectivity index is 1.87. The number of carbonyl (C=O) groups excluding carboxylic acids is 1. The van der Waals surface area contributed by atoms with Crippen LogP contribution in [0.5, 0.6) is 11.5 Å². The first-order valence-corrected chi connectivity index (χ1v) is 12.1. The lowest BCUT2D eigenvalue weighted by molar-refractivity contribution is -0.117. The summed E-state index contributed by atoms with van der Waals surface area (Å²) in [6, 6.07) is 19.2. The monoisotopic (exact) mass is 488 g/mol. The fourth-order valence-electron chi connectivity index (χ4n) is 3.18. The third-order valence-corrected chi connectivity index (χ3v) is 6.47. The molecule has 0 saturated heterocycles. The van der Waals surface area contributed by atoms with E-state index in [0.29, 0.717) is 18.0 Å². The van der Waals surface area contributed by atoms with Crippen LogP contribution in [0.1, 0.15) is 12.5 Å². The zero-order chi connectivity index (χ0) is 23.8. The molecule has 1 atom stereocenters. The second-order valence-corrected chi connectivity index (χ2v) is 9.22. The summed E-state index contributed by atoms with van der Waals surface area (Å²) in [5.41, 5.74) is 1.31. The highest BCUT2D eigenvalue weighted by molar-refractivity contribution is 7.89. The number of hydrogen-bond acceptors (Lipinski definition) is 5. The molecule has 0 spiro atoms. The number of anilines is 1. The standard InChI is InChI=1S/C24H25ClN2O5S/c1-3-32-20-12-10-19(11-13-20)26-24(28)21(15-17-7-5-4-6-8-17)27-33(29,30)23-16-18(25)9-14-22(23)31-2/h4-14,16,21,27H,3,15H2,1-2H3,(H,26,28)/t21-/m0/s1. The van der Waals surface area contributed by atoms with Gasteiger partial charge < -0.3 is 14.8 Å². The van der Waals surface area contributed by atoms with Crippen LogP contribution < -0.4 is 19.5 Å². The Morgan fingerprint density at radius 3 is 2.36 bits per heavy atom. The number of ether oxygens (including phenoxy) is 2. The van der Waals surface area contributed by atoms with Crippen molar-refractivity contribution < 1.29 is 22.7 Å². The topological polar surface area (TPSA) is 93.7 Å². The van der Waals surface area contributed by atoms with Gasteiger partial charge in [0.1, 0.15) is 22.4 Å². The molecule has 0 aliphatic rings. The summed E-state index contributed by atoms with van der Waals surface area (Å²) >= 11 is 6.01.